The zero-order chi connectivity index (χ0) is 20.4. The van der Waals surface area contributed by atoms with Crippen molar-refractivity contribution < 1.29 is 29.6 Å². The Hall–Kier alpha value is -2.81. The molecule has 0 saturated heterocycles. The van der Waals surface area contributed by atoms with Gasteiger partial charge < -0.3 is 31.5 Å². The summed E-state index contributed by atoms with van der Waals surface area (Å²) in [6.07, 6.45) is 0.588. The van der Waals surface area contributed by atoms with Crippen molar-refractivity contribution in [2.45, 2.75) is 24.9 Å². The maximum atomic E-state index is 11.0. The second-order valence-electron chi connectivity index (χ2n) is 5.82. The zero-order valence-corrected chi connectivity index (χ0v) is 16.1. The SMILES string of the molecule is COC(=O)[C@H](N)Cc1cccc(O)c1.Cl.N[C@H](Cc1cccc(O)c1)C(=O)O. The lowest BCUT2D eigenvalue weighted by molar-refractivity contribution is -0.142. The Morgan fingerprint density at radius 1 is 0.929 bits per heavy atom. The number of carbonyl (C=O) groups excluding carboxylic acids is 1. The smallest absolute Gasteiger partial charge is 0.322 e. The van der Waals surface area contributed by atoms with Crippen molar-refractivity contribution in [1.82, 2.24) is 0 Å². The number of halogens is 1. The number of ether oxygens (including phenoxy) is 1. The number of carboxylic acids is 1. The molecule has 0 amide bonds. The zero-order valence-electron chi connectivity index (χ0n) is 15.3. The van der Waals surface area contributed by atoms with E-state index in [2.05, 4.69) is 4.74 Å². The largest absolute Gasteiger partial charge is 0.508 e. The number of carboxylic acid groups (broad SMARTS) is 1. The van der Waals surface area contributed by atoms with Crippen LogP contribution in [0, 0.1) is 0 Å². The van der Waals surface area contributed by atoms with Crippen molar-refractivity contribution in [3.8, 4) is 11.5 Å². The molecule has 0 fully saturated rings. The van der Waals surface area contributed by atoms with Crippen molar-refractivity contribution in [1.29, 1.82) is 0 Å². The average Bonchev–Trinajstić information content (AvgIpc) is 2.61. The fourth-order valence-corrected chi connectivity index (χ4v) is 2.20. The maximum absolute atomic E-state index is 11.0. The highest BCUT2D eigenvalue weighted by Gasteiger charge is 2.14. The number of methoxy groups -OCH3 is 1. The highest BCUT2D eigenvalue weighted by atomic mass is 35.5. The number of hydrogen-bond acceptors (Lipinski definition) is 7. The lowest BCUT2D eigenvalue weighted by atomic mass is 10.1. The van der Waals surface area contributed by atoms with Gasteiger partial charge in [0.05, 0.1) is 7.11 Å². The molecule has 154 valence electrons. The van der Waals surface area contributed by atoms with E-state index in [1.165, 1.54) is 19.2 Å². The molecule has 8 nitrogen and oxygen atoms in total. The van der Waals surface area contributed by atoms with E-state index in [0.717, 1.165) is 11.1 Å². The molecule has 0 spiro atoms. The van der Waals surface area contributed by atoms with Gasteiger partial charge in [0.1, 0.15) is 23.6 Å². The minimum atomic E-state index is -1.04. The highest BCUT2D eigenvalue weighted by molar-refractivity contribution is 5.85. The van der Waals surface area contributed by atoms with Crippen LogP contribution >= 0.6 is 12.4 Å². The third kappa shape index (κ3) is 9.22. The van der Waals surface area contributed by atoms with Crippen molar-refractivity contribution >= 4 is 24.3 Å². The van der Waals surface area contributed by atoms with Crippen LogP contribution in [-0.4, -0.2) is 46.5 Å². The number of hydrogen-bond donors (Lipinski definition) is 5. The minimum Gasteiger partial charge on any atom is -0.508 e. The van der Waals surface area contributed by atoms with Crippen molar-refractivity contribution in [2.24, 2.45) is 11.5 Å². The summed E-state index contributed by atoms with van der Waals surface area (Å²) in [6.45, 7) is 0. The number of aromatic hydroxyl groups is 2. The summed E-state index contributed by atoms with van der Waals surface area (Å²) in [5.74, 6) is -1.20. The van der Waals surface area contributed by atoms with Gasteiger partial charge in [-0.05, 0) is 48.2 Å². The average molecular weight is 413 g/mol. The summed E-state index contributed by atoms with van der Waals surface area (Å²) < 4.78 is 4.49. The van der Waals surface area contributed by atoms with E-state index in [1.54, 1.807) is 36.4 Å². The Bertz CT molecular complexity index is 772. The molecule has 28 heavy (non-hydrogen) atoms. The molecule has 0 heterocycles. The molecule has 2 aromatic rings. The summed E-state index contributed by atoms with van der Waals surface area (Å²) >= 11 is 0. The molecule has 0 saturated carbocycles. The molecule has 0 unspecified atom stereocenters. The number of rotatable bonds is 6. The van der Waals surface area contributed by atoms with Gasteiger partial charge in [-0.2, -0.15) is 0 Å². The normalized spacial score (nSPS) is 11.8. The Kier molecular flexibility index (Phi) is 11.3. The second-order valence-corrected chi connectivity index (χ2v) is 5.82. The Labute approximate surface area is 169 Å². The van der Waals surface area contributed by atoms with E-state index in [0.29, 0.717) is 6.42 Å². The van der Waals surface area contributed by atoms with Crippen LogP contribution in [0.2, 0.25) is 0 Å². The van der Waals surface area contributed by atoms with Gasteiger partial charge in [-0.1, -0.05) is 24.3 Å². The molecule has 0 bridgehead atoms. The molecule has 7 N–H and O–H groups in total. The van der Waals surface area contributed by atoms with E-state index in [9.17, 15) is 9.59 Å². The number of phenolic OH excluding ortho intramolecular Hbond substituents is 2. The molecular weight excluding hydrogens is 388 g/mol. The molecule has 9 heteroatoms. The molecule has 0 aromatic heterocycles. The van der Waals surface area contributed by atoms with Gasteiger partial charge in [0, 0.05) is 0 Å². The van der Waals surface area contributed by atoms with Gasteiger partial charge in [0.15, 0.2) is 0 Å². The van der Waals surface area contributed by atoms with Crippen LogP contribution in [0.5, 0.6) is 11.5 Å². The fourth-order valence-electron chi connectivity index (χ4n) is 2.20. The first-order valence-electron chi connectivity index (χ1n) is 8.10. The van der Waals surface area contributed by atoms with Crippen LogP contribution in [0.1, 0.15) is 11.1 Å². The highest BCUT2D eigenvalue weighted by Crippen LogP contribution is 2.13. The lowest BCUT2D eigenvalue weighted by Gasteiger charge is -2.08. The molecule has 0 aliphatic carbocycles. The molecule has 2 rings (SSSR count). The van der Waals surface area contributed by atoms with Crippen LogP contribution in [0.4, 0.5) is 0 Å². The first-order valence-corrected chi connectivity index (χ1v) is 8.10. The number of benzene rings is 2. The quantitative estimate of drug-likeness (QED) is 0.443. The first kappa shape index (κ1) is 25.2. The second kappa shape index (κ2) is 12.6. The standard InChI is InChI=1S/C10H13NO3.C9H11NO3.ClH/c1-14-10(13)9(11)6-7-3-2-4-8(12)5-7;10-8(9(12)13)5-6-2-1-3-7(11)4-6;/h2-5,9,12H,6,11H2,1H3;1-4,8,11H,5,10H2,(H,12,13);1H/t9-;8-;/m11./s1. The topological polar surface area (TPSA) is 156 Å². The molecule has 0 radical (unpaired) electrons. The Morgan fingerprint density at radius 3 is 1.71 bits per heavy atom. The van der Waals surface area contributed by atoms with Gasteiger partial charge in [0.25, 0.3) is 0 Å². The third-order valence-electron chi connectivity index (χ3n) is 3.55. The lowest BCUT2D eigenvalue weighted by Crippen LogP contribution is -2.33. The van der Waals surface area contributed by atoms with E-state index in [4.69, 9.17) is 26.8 Å². The molecule has 2 atom stereocenters. The first-order chi connectivity index (χ1) is 12.7. The van der Waals surface area contributed by atoms with Crippen molar-refractivity contribution in [2.75, 3.05) is 7.11 Å². The summed E-state index contributed by atoms with van der Waals surface area (Å²) in [7, 11) is 1.30. The molecule has 0 aliphatic heterocycles. The van der Waals surface area contributed by atoms with Crippen LogP contribution in [0.15, 0.2) is 48.5 Å². The fraction of sp³-hybridized carbons (Fsp3) is 0.263. The monoisotopic (exact) mass is 412 g/mol. The van der Waals surface area contributed by atoms with Gasteiger partial charge >= 0.3 is 11.9 Å². The molecule has 0 aliphatic rings. The molecule has 2 aromatic carbocycles. The predicted molar refractivity (Wildman–Crippen MR) is 106 cm³/mol. The van der Waals surface area contributed by atoms with E-state index in [1.807, 2.05) is 0 Å². The minimum absolute atomic E-state index is 0. The third-order valence-corrected chi connectivity index (χ3v) is 3.55. The summed E-state index contributed by atoms with van der Waals surface area (Å²) in [5, 5.41) is 26.8. The number of carbonyl (C=O) groups is 2. The summed E-state index contributed by atoms with van der Waals surface area (Å²) in [5.41, 5.74) is 12.4. The van der Waals surface area contributed by atoms with Gasteiger partial charge in [-0.3, -0.25) is 9.59 Å². The molecular formula is C19H25ClN2O6. The van der Waals surface area contributed by atoms with Gasteiger partial charge in [-0.15, -0.1) is 12.4 Å². The predicted octanol–water partition coefficient (Wildman–Crippen LogP) is 1.20. The Balaban J connectivity index is 0.000000504. The van der Waals surface area contributed by atoms with E-state index >= 15 is 0 Å². The van der Waals surface area contributed by atoms with E-state index in [-0.39, 0.29) is 30.3 Å². The number of nitrogens with two attached hydrogens (primary N) is 2. The van der Waals surface area contributed by atoms with Crippen LogP contribution < -0.4 is 11.5 Å². The number of phenols is 2. The number of aliphatic carboxylic acids is 1. The van der Waals surface area contributed by atoms with Gasteiger partial charge in [0.2, 0.25) is 0 Å². The van der Waals surface area contributed by atoms with Crippen LogP contribution in [0.3, 0.4) is 0 Å². The summed E-state index contributed by atoms with van der Waals surface area (Å²) in [4.78, 5) is 21.4. The number of esters is 1. The maximum Gasteiger partial charge on any atom is 0.322 e. The van der Waals surface area contributed by atoms with Crippen molar-refractivity contribution in [3.63, 3.8) is 0 Å². The summed E-state index contributed by atoms with van der Waals surface area (Å²) in [6, 6.07) is 11.4. The van der Waals surface area contributed by atoms with Crippen LogP contribution in [-0.2, 0) is 27.2 Å². The Morgan fingerprint density at radius 2 is 1.36 bits per heavy atom. The van der Waals surface area contributed by atoms with Gasteiger partial charge in [-0.25, -0.2) is 0 Å². The van der Waals surface area contributed by atoms with E-state index < -0.39 is 24.0 Å². The van der Waals surface area contributed by atoms with Crippen LogP contribution in [0.25, 0.3) is 0 Å². The van der Waals surface area contributed by atoms with Crippen molar-refractivity contribution in [3.05, 3.63) is 59.7 Å².